The molecular weight excluding hydrogens is 408 g/mol. The average Bonchev–Trinajstić information content (AvgIpc) is 3.26. The van der Waals surface area contributed by atoms with Crippen LogP contribution in [0, 0.1) is 0 Å². The molecule has 140 valence electrons. The molecule has 0 aliphatic carbocycles. The number of aromatic nitrogens is 2. The molecular formula is C17H15ClN4O3S2. The molecule has 3 N–H and O–H groups in total. The smallest absolute Gasteiger partial charge is 0.294 e. The number of benzene rings is 1. The minimum absolute atomic E-state index is 0.167. The van der Waals surface area contributed by atoms with Gasteiger partial charge in [-0.2, -0.15) is 5.10 Å². The third-order valence-electron chi connectivity index (χ3n) is 3.35. The highest BCUT2D eigenvalue weighted by atomic mass is 35.5. The number of hydrogen-bond donors (Lipinski definition) is 3. The van der Waals surface area contributed by atoms with Gasteiger partial charge in [0.15, 0.2) is 11.4 Å². The quantitative estimate of drug-likeness (QED) is 0.531. The molecule has 0 fully saturated rings. The molecule has 3 rings (SSSR count). The number of thiophene rings is 1. The number of carbonyl (C=O) groups excluding carboxylic acids is 2. The van der Waals surface area contributed by atoms with Gasteiger partial charge >= 0.3 is 0 Å². The Labute approximate surface area is 168 Å². The third-order valence-corrected chi connectivity index (χ3v) is 5.75. The van der Waals surface area contributed by atoms with Crippen LogP contribution in [0.1, 0.15) is 15.4 Å². The number of para-hydroxylation sites is 1. The van der Waals surface area contributed by atoms with E-state index in [-0.39, 0.29) is 23.1 Å². The topological polar surface area (TPSA) is 96.3 Å². The van der Waals surface area contributed by atoms with Crippen molar-refractivity contribution in [2.45, 2.75) is 5.75 Å². The standard InChI is InChI=1S/C17H15ClN4O3S2/c18-14-7-6-12(27-14)9-26-10-15(24)19-20-17(25)16-13(23)8-22(21-16)11-4-2-1-3-5-11/h1-8,23H,9-10H2,(H,19,24)(H,20,25). The molecule has 2 amide bonds. The van der Waals surface area contributed by atoms with Crippen molar-refractivity contribution in [3.63, 3.8) is 0 Å². The maximum absolute atomic E-state index is 12.1. The van der Waals surface area contributed by atoms with Crippen molar-refractivity contribution in [2.24, 2.45) is 0 Å². The molecule has 27 heavy (non-hydrogen) atoms. The number of amides is 2. The van der Waals surface area contributed by atoms with E-state index in [0.717, 1.165) is 4.88 Å². The summed E-state index contributed by atoms with van der Waals surface area (Å²) in [6.07, 6.45) is 1.33. The lowest BCUT2D eigenvalue weighted by Crippen LogP contribution is -2.42. The van der Waals surface area contributed by atoms with Gasteiger partial charge in [0.2, 0.25) is 5.91 Å². The molecule has 1 aromatic carbocycles. The zero-order valence-electron chi connectivity index (χ0n) is 13.9. The van der Waals surface area contributed by atoms with Gasteiger partial charge in [-0.3, -0.25) is 20.4 Å². The lowest BCUT2D eigenvalue weighted by Gasteiger charge is -2.06. The number of hydrazine groups is 1. The van der Waals surface area contributed by atoms with E-state index in [9.17, 15) is 14.7 Å². The van der Waals surface area contributed by atoms with Crippen molar-refractivity contribution in [3.8, 4) is 11.4 Å². The summed E-state index contributed by atoms with van der Waals surface area (Å²) in [5, 5.41) is 14.0. The number of nitrogens with zero attached hydrogens (tertiary/aromatic N) is 2. The molecule has 0 spiro atoms. The lowest BCUT2D eigenvalue weighted by atomic mass is 10.3. The summed E-state index contributed by atoms with van der Waals surface area (Å²) in [5.41, 5.74) is 5.07. The molecule has 7 nitrogen and oxygen atoms in total. The van der Waals surface area contributed by atoms with E-state index < -0.39 is 5.91 Å². The number of carbonyl (C=O) groups is 2. The van der Waals surface area contributed by atoms with E-state index in [1.807, 2.05) is 30.3 Å². The first-order chi connectivity index (χ1) is 13.0. The lowest BCUT2D eigenvalue weighted by molar-refractivity contribution is -0.119. The summed E-state index contributed by atoms with van der Waals surface area (Å²) in [6.45, 7) is 0. The Bertz CT molecular complexity index is 943. The molecule has 10 heteroatoms. The molecule has 2 aromatic heterocycles. The van der Waals surface area contributed by atoms with Crippen LogP contribution in [0.2, 0.25) is 4.34 Å². The van der Waals surface area contributed by atoms with Crippen LogP contribution in [0.25, 0.3) is 5.69 Å². The fraction of sp³-hybridized carbons (Fsp3) is 0.118. The van der Waals surface area contributed by atoms with Crippen LogP contribution in [-0.4, -0.2) is 32.5 Å². The number of halogens is 1. The van der Waals surface area contributed by atoms with Crippen molar-refractivity contribution < 1.29 is 14.7 Å². The second kappa shape index (κ2) is 8.94. The molecule has 0 saturated heterocycles. The number of aromatic hydroxyl groups is 1. The van der Waals surface area contributed by atoms with Gasteiger partial charge in [0.1, 0.15) is 0 Å². The molecule has 0 saturated carbocycles. The Morgan fingerprint density at radius 2 is 1.96 bits per heavy atom. The normalized spacial score (nSPS) is 10.6. The van der Waals surface area contributed by atoms with Crippen LogP contribution in [0.3, 0.4) is 0 Å². The Kier molecular flexibility index (Phi) is 6.38. The predicted octanol–water partition coefficient (Wildman–Crippen LogP) is 2.99. The van der Waals surface area contributed by atoms with Crippen LogP contribution >= 0.6 is 34.7 Å². The molecule has 0 unspecified atom stereocenters. The summed E-state index contributed by atoms with van der Waals surface area (Å²) in [4.78, 5) is 25.0. The summed E-state index contributed by atoms with van der Waals surface area (Å²) in [7, 11) is 0. The Morgan fingerprint density at radius 1 is 1.19 bits per heavy atom. The first kappa shape index (κ1) is 19.3. The second-order valence-corrected chi connectivity index (χ2v) is 8.13. The zero-order valence-corrected chi connectivity index (χ0v) is 16.3. The maximum atomic E-state index is 12.1. The molecule has 0 bridgehead atoms. The van der Waals surface area contributed by atoms with E-state index in [1.165, 1.54) is 34.0 Å². The van der Waals surface area contributed by atoms with Gasteiger partial charge < -0.3 is 5.11 Å². The number of hydrogen-bond acceptors (Lipinski definition) is 6. The highest BCUT2D eigenvalue weighted by molar-refractivity contribution is 7.99. The summed E-state index contributed by atoms with van der Waals surface area (Å²) in [5.74, 6) is -0.528. The number of thioether (sulfide) groups is 1. The fourth-order valence-electron chi connectivity index (χ4n) is 2.13. The zero-order chi connectivity index (χ0) is 19.2. The van der Waals surface area contributed by atoms with Gasteiger partial charge in [-0.1, -0.05) is 29.8 Å². The van der Waals surface area contributed by atoms with Crippen molar-refractivity contribution in [2.75, 3.05) is 5.75 Å². The Hall–Kier alpha value is -2.49. The van der Waals surface area contributed by atoms with E-state index in [4.69, 9.17) is 11.6 Å². The molecule has 0 aliphatic heterocycles. The van der Waals surface area contributed by atoms with Gasteiger partial charge in [-0.05, 0) is 24.3 Å². The number of nitrogens with one attached hydrogen (secondary N) is 2. The Balaban J connectivity index is 1.49. The summed E-state index contributed by atoms with van der Waals surface area (Å²) < 4.78 is 2.09. The van der Waals surface area contributed by atoms with Crippen molar-refractivity contribution in [1.29, 1.82) is 0 Å². The van der Waals surface area contributed by atoms with Gasteiger partial charge in [-0.15, -0.1) is 23.1 Å². The first-order valence-corrected chi connectivity index (χ1v) is 10.1. The highest BCUT2D eigenvalue weighted by Crippen LogP contribution is 2.25. The van der Waals surface area contributed by atoms with E-state index in [2.05, 4.69) is 16.0 Å². The van der Waals surface area contributed by atoms with E-state index >= 15 is 0 Å². The molecule has 0 radical (unpaired) electrons. The molecule has 0 aliphatic rings. The van der Waals surface area contributed by atoms with Gasteiger partial charge in [-0.25, -0.2) is 4.68 Å². The monoisotopic (exact) mass is 422 g/mol. The summed E-state index contributed by atoms with van der Waals surface area (Å²) in [6, 6.07) is 12.8. The largest absolute Gasteiger partial charge is 0.504 e. The minimum Gasteiger partial charge on any atom is -0.504 e. The first-order valence-electron chi connectivity index (χ1n) is 7.78. The highest BCUT2D eigenvalue weighted by Gasteiger charge is 2.17. The third kappa shape index (κ3) is 5.25. The number of rotatable bonds is 6. The minimum atomic E-state index is -0.703. The van der Waals surface area contributed by atoms with Gasteiger partial charge in [0, 0.05) is 10.6 Å². The van der Waals surface area contributed by atoms with Crippen molar-refractivity contribution >= 4 is 46.5 Å². The Morgan fingerprint density at radius 3 is 2.67 bits per heavy atom. The van der Waals surface area contributed by atoms with Crippen molar-refractivity contribution in [3.05, 3.63) is 63.6 Å². The van der Waals surface area contributed by atoms with Crippen molar-refractivity contribution in [1.82, 2.24) is 20.6 Å². The van der Waals surface area contributed by atoms with Gasteiger partial charge in [0.25, 0.3) is 5.91 Å². The average molecular weight is 423 g/mol. The van der Waals surface area contributed by atoms with Crippen LogP contribution in [0.5, 0.6) is 5.75 Å². The SMILES string of the molecule is O=C(CSCc1ccc(Cl)s1)NNC(=O)c1nn(-c2ccccc2)cc1O. The predicted molar refractivity (Wildman–Crippen MR) is 106 cm³/mol. The molecule has 2 heterocycles. The van der Waals surface area contributed by atoms with Crippen LogP contribution < -0.4 is 10.9 Å². The summed E-state index contributed by atoms with van der Waals surface area (Å²) >= 11 is 8.71. The van der Waals surface area contributed by atoms with Crippen LogP contribution in [0.15, 0.2) is 48.7 Å². The second-order valence-electron chi connectivity index (χ2n) is 5.34. The fourth-order valence-corrected chi connectivity index (χ4v) is 4.16. The van der Waals surface area contributed by atoms with E-state index in [0.29, 0.717) is 15.8 Å². The van der Waals surface area contributed by atoms with Crippen LogP contribution in [-0.2, 0) is 10.5 Å². The molecule has 3 aromatic rings. The van der Waals surface area contributed by atoms with E-state index in [1.54, 1.807) is 12.1 Å². The maximum Gasteiger partial charge on any atom is 0.294 e. The molecule has 0 atom stereocenters. The van der Waals surface area contributed by atoms with Crippen LogP contribution in [0.4, 0.5) is 0 Å². The van der Waals surface area contributed by atoms with Gasteiger partial charge in [0.05, 0.1) is 22.0 Å².